The van der Waals surface area contributed by atoms with Crippen molar-refractivity contribution < 1.29 is 14.7 Å². The second-order valence-electron chi connectivity index (χ2n) is 4.45. The Labute approximate surface area is 127 Å². The second kappa shape index (κ2) is 6.95. The third-order valence-corrected chi connectivity index (χ3v) is 3.91. The molecule has 4 nitrogen and oxygen atoms in total. The van der Waals surface area contributed by atoms with E-state index < -0.39 is 5.97 Å². The number of amides is 1. The highest BCUT2D eigenvalue weighted by atomic mass is 32.2. The van der Waals surface area contributed by atoms with E-state index in [4.69, 9.17) is 5.11 Å². The molecule has 2 aromatic carbocycles. The van der Waals surface area contributed by atoms with Crippen LogP contribution in [0.25, 0.3) is 0 Å². The fourth-order valence-corrected chi connectivity index (χ4v) is 2.62. The van der Waals surface area contributed by atoms with Gasteiger partial charge in [0.2, 0.25) is 5.91 Å². The van der Waals surface area contributed by atoms with Gasteiger partial charge in [0.1, 0.15) is 0 Å². The molecule has 1 unspecified atom stereocenters. The van der Waals surface area contributed by atoms with Crippen molar-refractivity contribution >= 4 is 29.3 Å². The summed E-state index contributed by atoms with van der Waals surface area (Å²) in [6.07, 6.45) is 0. The quantitative estimate of drug-likeness (QED) is 0.829. The predicted molar refractivity (Wildman–Crippen MR) is 83.8 cm³/mol. The summed E-state index contributed by atoms with van der Waals surface area (Å²) >= 11 is 1.45. The van der Waals surface area contributed by atoms with Gasteiger partial charge in [-0.2, -0.15) is 0 Å². The Morgan fingerprint density at radius 1 is 1.10 bits per heavy atom. The number of aromatic carboxylic acids is 1. The molecule has 21 heavy (non-hydrogen) atoms. The van der Waals surface area contributed by atoms with Crippen molar-refractivity contribution in [2.24, 2.45) is 0 Å². The summed E-state index contributed by atoms with van der Waals surface area (Å²) in [6.45, 7) is 1.81. The van der Waals surface area contributed by atoms with Crippen LogP contribution in [0.15, 0.2) is 59.5 Å². The zero-order valence-corrected chi connectivity index (χ0v) is 12.3. The number of hydrogen-bond acceptors (Lipinski definition) is 3. The monoisotopic (exact) mass is 301 g/mol. The van der Waals surface area contributed by atoms with Crippen LogP contribution in [0, 0.1) is 0 Å². The number of carboxylic acids is 1. The molecule has 0 radical (unpaired) electrons. The first-order valence-electron chi connectivity index (χ1n) is 6.42. The molecule has 2 aromatic rings. The summed E-state index contributed by atoms with van der Waals surface area (Å²) in [6, 6.07) is 15.9. The summed E-state index contributed by atoms with van der Waals surface area (Å²) in [5.74, 6) is -1.18. The minimum absolute atomic E-state index is 0.149. The van der Waals surface area contributed by atoms with Gasteiger partial charge < -0.3 is 10.4 Å². The first kappa shape index (κ1) is 15.1. The minimum Gasteiger partial charge on any atom is -0.478 e. The molecule has 1 amide bonds. The highest BCUT2D eigenvalue weighted by Crippen LogP contribution is 2.23. The first-order valence-corrected chi connectivity index (χ1v) is 7.30. The van der Waals surface area contributed by atoms with Gasteiger partial charge in [-0.05, 0) is 37.3 Å². The molecule has 0 bridgehead atoms. The van der Waals surface area contributed by atoms with Crippen molar-refractivity contribution in [3.63, 3.8) is 0 Å². The van der Waals surface area contributed by atoms with E-state index in [-0.39, 0.29) is 16.7 Å². The molecular weight excluding hydrogens is 286 g/mol. The number of thioether (sulfide) groups is 1. The summed E-state index contributed by atoms with van der Waals surface area (Å²) in [4.78, 5) is 24.0. The molecule has 0 saturated heterocycles. The summed E-state index contributed by atoms with van der Waals surface area (Å²) in [7, 11) is 0. The van der Waals surface area contributed by atoms with Crippen LogP contribution in [0.1, 0.15) is 17.3 Å². The Balaban J connectivity index is 2.00. The summed E-state index contributed by atoms with van der Waals surface area (Å²) in [5.41, 5.74) is 0.636. The predicted octanol–water partition coefficient (Wildman–Crippen LogP) is 3.50. The molecule has 0 fully saturated rings. The number of carboxylic acid groups (broad SMARTS) is 1. The van der Waals surface area contributed by atoms with Crippen LogP contribution in [0.3, 0.4) is 0 Å². The zero-order chi connectivity index (χ0) is 15.2. The van der Waals surface area contributed by atoms with E-state index in [0.717, 1.165) is 4.90 Å². The van der Waals surface area contributed by atoms with Crippen LogP contribution in [0.2, 0.25) is 0 Å². The van der Waals surface area contributed by atoms with Gasteiger partial charge >= 0.3 is 5.97 Å². The second-order valence-corrected chi connectivity index (χ2v) is 5.86. The molecule has 0 aliphatic carbocycles. The Bertz CT molecular complexity index is 643. The van der Waals surface area contributed by atoms with E-state index >= 15 is 0 Å². The smallest absolute Gasteiger partial charge is 0.335 e. The van der Waals surface area contributed by atoms with Crippen molar-refractivity contribution in [3.05, 3.63) is 60.2 Å². The molecule has 0 saturated carbocycles. The van der Waals surface area contributed by atoms with Gasteiger partial charge in [-0.3, -0.25) is 4.79 Å². The van der Waals surface area contributed by atoms with Gasteiger partial charge in [-0.1, -0.05) is 24.3 Å². The van der Waals surface area contributed by atoms with Gasteiger partial charge in [0, 0.05) is 10.6 Å². The molecule has 0 aromatic heterocycles. The summed E-state index contributed by atoms with van der Waals surface area (Å²) in [5, 5.41) is 11.4. The molecule has 1 atom stereocenters. The number of hydrogen-bond donors (Lipinski definition) is 2. The molecule has 5 heteroatoms. The topological polar surface area (TPSA) is 66.4 Å². The molecule has 0 aliphatic heterocycles. The van der Waals surface area contributed by atoms with Gasteiger partial charge in [0.05, 0.1) is 10.8 Å². The fraction of sp³-hybridized carbons (Fsp3) is 0.125. The van der Waals surface area contributed by atoms with E-state index in [0.29, 0.717) is 5.69 Å². The Morgan fingerprint density at radius 3 is 2.48 bits per heavy atom. The van der Waals surface area contributed by atoms with E-state index in [9.17, 15) is 9.59 Å². The lowest BCUT2D eigenvalue weighted by Gasteiger charge is -2.12. The lowest BCUT2D eigenvalue weighted by Crippen LogP contribution is -2.22. The van der Waals surface area contributed by atoms with Crippen molar-refractivity contribution in [3.8, 4) is 0 Å². The van der Waals surface area contributed by atoms with Gasteiger partial charge in [0.25, 0.3) is 0 Å². The average molecular weight is 301 g/mol. The maximum Gasteiger partial charge on any atom is 0.335 e. The normalized spacial score (nSPS) is 11.7. The third-order valence-electron chi connectivity index (χ3n) is 2.80. The Morgan fingerprint density at radius 2 is 1.81 bits per heavy atom. The zero-order valence-electron chi connectivity index (χ0n) is 11.4. The van der Waals surface area contributed by atoms with E-state index in [1.807, 2.05) is 37.3 Å². The fourth-order valence-electron chi connectivity index (χ4n) is 1.73. The number of benzene rings is 2. The number of anilines is 1. The standard InChI is InChI=1S/C16H15NO3S/c1-11(21-14-8-3-2-4-9-14)15(18)17-13-7-5-6-12(10-13)16(19)20/h2-11H,1H3,(H,17,18)(H,19,20). The molecule has 0 spiro atoms. The van der Waals surface area contributed by atoms with Crippen LogP contribution >= 0.6 is 11.8 Å². The Kier molecular flexibility index (Phi) is 5.00. The maximum absolute atomic E-state index is 12.1. The van der Waals surface area contributed by atoms with E-state index in [1.54, 1.807) is 12.1 Å². The van der Waals surface area contributed by atoms with Crippen LogP contribution in [0.5, 0.6) is 0 Å². The molecule has 108 valence electrons. The van der Waals surface area contributed by atoms with Crippen molar-refractivity contribution in [2.75, 3.05) is 5.32 Å². The average Bonchev–Trinajstić information content (AvgIpc) is 2.48. The van der Waals surface area contributed by atoms with Gasteiger partial charge in [0.15, 0.2) is 0 Å². The van der Waals surface area contributed by atoms with Crippen LogP contribution in [0.4, 0.5) is 5.69 Å². The highest BCUT2D eigenvalue weighted by Gasteiger charge is 2.15. The Hall–Kier alpha value is -2.27. The summed E-state index contributed by atoms with van der Waals surface area (Å²) < 4.78 is 0. The van der Waals surface area contributed by atoms with Crippen molar-refractivity contribution in [1.82, 2.24) is 0 Å². The lowest BCUT2D eigenvalue weighted by molar-refractivity contribution is -0.115. The molecule has 0 aliphatic rings. The third kappa shape index (κ3) is 4.36. The first-order chi connectivity index (χ1) is 10.1. The van der Waals surface area contributed by atoms with Gasteiger partial charge in [-0.15, -0.1) is 11.8 Å². The highest BCUT2D eigenvalue weighted by molar-refractivity contribution is 8.00. The maximum atomic E-state index is 12.1. The van der Waals surface area contributed by atoms with Gasteiger partial charge in [-0.25, -0.2) is 4.79 Å². The SMILES string of the molecule is CC(Sc1ccccc1)C(=O)Nc1cccc(C(=O)O)c1. The van der Waals surface area contributed by atoms with Crippen LogP contribution < -0.4 is 5.32 Å². The number of rotatable bonds is 5. The molecule has 0 heterocycles. The van der Waals surface area contributed by atoms with E-state index in [2.05, 4.69) is 5.32 Å². The van der Waals surface area contributed by atoms with Crippen molar-refractivity contribution in [2.45, 2.75) is 17.1 Å². The largest absolute Gasteiger partial charge is 0.478 e. The van der Waals surface area contributed by atoms with E-state index in [1.165, 1.54) is 23.9 Å². The number of carbonyl (C=O) groups excluding carboxylic acids is 1. The molecular formula is C16H15NO3S. The molecule has 2 rings (SSSR count). The minimum atomic E-state index is -1.02. The van der Waals surface area contributed by atoms with Crippen LogP contribution in [-0.4, -0.2) is 22.2 Å². The number of nitrogens with one attached hydrogen (secondary N) is 1. The van der Waals surface area contributed by atoms with Crippen molar-refractivity contribution in [1.29, 1.82) is 0 Å². The van der Waals surface area contributed by atoms with Crippen LogP contribution in [-0.2, 0) is 4.79 Å². The molecule has 2 N–H and O–H groups in total. The lowest BCUT2D eigenvalue weighted by atomic mass is 10.2. The number of carbonyl (C=O) groups is 2.